The molecule has 3 aromatic carbocycles. The van der Waals surface area contributed by atoms with Crippen LogP contribution in [-0.2, 0) is 26.2 Å². The molecule has 0 bridgehead atoms. The minimum Gasteiger partial charge on any atom is -0.352 e. The third-order valence-electron chi connectivity index (χ3n) is 5.81. The summed E-state index contributed by atoms with van der Waals surface area (Å²) in [5.74, 6) is -0.839. The highest BCUT2D eigenvalue weighted by atomic mass is 35.5. The van der Waals surface area contributed by atoms with Gasteiger partial charge in [-0.15, -0.1) is 0 Å². The van der Waals surface area contributed by atoms with Gasteiger partial charge in [-0.05, 0) is 74.4 Å². The Kier molecular flexibility index (Phi) is 10.2. The van der Waals surface area contributed by atoms with Crippen molar-refractivity contribution in [2.24, 2.45) is 0 Å². The van der Waals surface area contributed by atoms with E-state index in [4.69, 9.17) is 23.2 Å². The third kappa shape index (κ3) is 7.49. The van der Waals surface area contributed by atoms with Gasteiger partial charge in [0.1, 0.15) is 12.6 Å². The van der Waals surface area contributed by atoms with Crippen LogP contribution in [-0.4, -0.2) is 43.8 Å². The summed E-state index contributed by atoms with van der Waals surface area (Å²) in [6.07, 6.45) is 0.338. The fourth-order valence-electron chi connectivity index (χ4n) is 3.94. The van der Waals surface area contributed by atoms with E-state index in [0.29, 0.717) is 16.5 Å². The van der Waals surface area contributed by atoms with Crippen LogP contribution in [0.3, 0.4) is 0 Å². The zero-order valence-electron chi connectivity index (χ0n) is 21.5. The molecule has 0 heterocycles. The molecule has 1 atom stereocenters. The number of nitrogens with one attached hydrogen (secondary N) is 1. The molecule has 38 heavy (non-hydrogen) atoms. The third-order valence-corrected chi connectivity index (χ3v) is 8.10. The Labute approximate surface area is 234 Å². The number of hydrogen-bond donors (Lipinski definition) is 1. The molecule has 0 aliphatic carbocycles. The van der Waals surface area contributed by atoms with Gasteiger partial charge in [-0.25, -0.2) is 8.42 Å². The second-order valence-corrected chi connectivity index (χ2v) is 11.8. The highest BCUT2D eigenvalue weighted by Crippen LogP contribution is 2.26. The molecule has 0 radical (unpaired) electrons. The molecule has 0 saturated heterocycles. The summed E-state index contributed by atoms with van der Waals surface area (Å²) in [6.45, 7) is 5.07. The lowest BCUT2D eigenvalue weighted by Crippen LogP contribution is -2.53. The van der Waals surface area contributed by atoms with Crippen LogP contribution in [0.15, 0.2) is 83.8 Å². The highest BCUT2D eigenvalue weighted by molar-refractivity contribution is 7.92. The van der Waals surface area contributed by atoms with E-state index in [1.54, 1.807) is 66.7 Å². The number of benzene rings is 3. The molecule has 1 N–H and O–H groups in total. The van der Waals surface area contributed by atoms with Crippen molar-refractivity contribution in [1.82, 2.24) is 10.2 Å². The van der Waals surface area contributed by atoms with Crippen molar-refractivity contribution in [2.45, 2.75) is 50.7 Å². The average molecular weight is 577 g/mol. The van der Waals surface area contributed by atoms with Gasteiger partial charge in [-0.1, -0.05) is 60.5 Å². The number of halogens is 2. The predicted molar refractivity (Wildman–Crippen MR) is 152 cm³/mol. The fraction of sp³-hybridized carbons (Fsp3) is 0.286. The van der Waals surface area contributed by atoms with E-state index >= 15 is 0 Å². The minimum absolute atomic E-state index is 0.0385. The molecule has 10 heteroatoms. The zero-order valence-corrected chi connectivity index (χ0v) is 23.8. The van der Waals surface area contributed by atoms with Crippen LogP contribution >= 0.6 is 23.2 Å². The van der Waals surface area contributed by atoms with Crippen LogP contribution in [0.5, 0.6) is 0 Å². The van der Waals surface area contributed by atoms with Gasteiger partial charge in [0.05, 0.1) is 10.6 Å². The van der Waals surface area contributed by atoms with E-state index in [-0.39, 0.29) is 29.1 Å². The van der Waals surface area contributed by atoms with E-state index in [2.05, 4.69) is 5.32 Å². The molecular weight excluding hydrogens is 545 g/mol. The normalized spacial score (nSPS) is 12.2. The molecule has 0 spiro atoms. The van der Waals surface area contributed by atoms with E-state index in [1.807, 2.05) is 20.8 Å². The number of amides is 2. The summed E-state index contributed by atoms with van der Waals surface area (Å²) < 4.78 is 28.5. The van der Waals surface area contributed by atoms with Crippen LogP contribution in [0.1, 0.15) is 32.8 Å². The molecule has 0 aliphatic rings. The first-order valence-electron chi connectivity index (χ1n) is 12.2. The smallest absolute Gasteiger partial charge is 0.264 e. The van der Waals surface area contributed by atoms with Crippen LogP contribution in [0.25, 0.3) is 0 Å². The SMILES string of the molecule is CCC(C(=O)NC(C)C)N(Cc1ccc(Cl)cc1)C(=O)CN(c1ccc(Cl)cc1)S(=O)(=O)c1ccccc1. The van der Waals surface area contributed by atoms with Gasteiger partial charge in [-0.3, -0.25) is 13.9 Å². The number of carbonyl (C=O) groups excluding carboxylic acids is 2. The molecule has 2 amide bonds. The number of hydrogen-bond acceptors (Lipinski definition) is 4. The number of sulfonamides is 1. The summed E-state index contributed by atoms with van der Waals surface area (Å²) >= 11 is 12.1. The minimum atomic E-state index is -4.12. The van der Waals surface area contributed by atoms with Crippen molar-refractivity contribution in [2.75, 3.05) is 10.8 Å². The first-order valence-corrected chi connectivity index (χ1v) is 14.4. The maximum Gasteiger partial charge on any atom is 0.264 e. The second kappa shape index (κ2) is 13.1. The first-order chi connectivity index (χ1) is 18.0. The molecule has 1 unspecified atom stereocenters. The van der Waals surface area contributed by atoms with Gasteiger partial charge < -0.3 is 10.2 Å². The summed E-state index contributed by atoms with van der Waals surface area (Å²) in [4.78, 5) is 28.5. The number of carbonyl (C=O) groups is 2. The van der Waals surface area contributed by atoms with Crippen molar-refractivity contribution in [3.05, 3.63) is 94.5 Å². The molecule has 3 rings (SSSR count). The zero-order chi connectivity index (χ0) is 27.9. The van der Waals surface area contributed by atoms with Crippen molar-refractivity contribution in [3.8, 4) is 0 Å². The predicted octanol–water partition coefficient (Wildman–Crippen LogP) is 5.52. The van der Waals surface area contributed by atoms with Gasteiger partial charge in [0.2, 0.25) is 11.8 Å². The van der Waals surface area contributed by atoms with Crippen molar-refractivity contribution in [3.63, 3.8) is 0 Å². The Balaban J connectivity index is 2.04. The lowest BCUT2D eigenvalue weighted by atomic mass is 10.1. The standard InChI is InChI=1S/C28H31Cl2N3O4S/c1-4-26(28(35)31-20(2)3)32(18-21-10-12-22(29)13-11-21)27(34)19-33(24-16-14-23(30)15-17-24)38(36,37)25-8-6-5-7-9-25/h5-17,20,26H,4,18-19H2,1-3H3,(H,31,35). The van der Waals surface area contributed by atoms with E-state index in [0.717, 1.165) is 9.87 Å². The van der Waals surface area contributed by atoms with Gasteiger partial charge in [-0.2, -0.15) is 0 Å². The Morgan fingerprint density at radius 2 is 1.42 bits per heavy atom. The molecular formula is C28H31Cl2N3O4S. The summed E-state index contributed by atoms with van der Waals surface area (Å²) in [6, 6.07) is 20.1. The van der Waals surface area contributed by atoms with Gasteiger partial charge in [0.25, 0.3) is 10.0 Å². The van der Waals surface area contributed by atoms with Gasteiger partial charge in [0, 0.05) is 22.6 Å². The summed E-state index contributed by atoms with van der Waals surface area (Å²) in [5.41, 5.74) is 1.03. The van der Waals surface area contributed by atoms with Crippen LogP contribution in [0, 0.1) is 0 Å². The average Bonchev–Trinajstić information content (AvgIpc) is 2.89. The molecule has 0 fully saturated rings. The molecule has 0 saturated carbocycles. The highest BCUT2D eigenvalue weighted by Gasteiger charge is 2.33. The monoisotopic (exact) mass is 575 g/mol. The second-order valence-electron chi connectivity index (χ2n) is 9.04. The largest absolute Gasteiger partial charge is 0.352 e. The Hall–Kier alpha value is -3.07. The van der Waals surface area contributed by atoms with Crippen LogP contribution < -0.4 is 9.62 Å². The lowest BCUT2D eigenvalue weighted by molar-refractivity contribution is -0.140. The molecule has 7 nitrogen and oxygen atoms in total. The van der Waals surface area contributed by atoms with Gasteiger partial charge >= 0.3 is 0 Å². The fourth-order valence-corrected chi connectivity index (χ4v) is 5.63. The van der Waals surface area contributed by atoms with E-state index < -0.39 is 28.5 Å². The van der Waals surface area contributed by atoms with E-state index in [9.17, 15) is 18.0 Å². The number of nitrogens with zero attached hydrogens (tertiary/aromatic N) is 2. The van der Waals surface area contributed by atoms with Crippen molar-refractivity contribution in [1.29, 1.82) is 0 Å². The lowest BCUT2D eigenvalue weighted by Gasteiger charge is -2.33. The first kappa shape index (κ1) is 29.5. The number of anilines is 1. The molecule has 3 aromatic rings. The molecule has 0 aliphatic heterocycles. The summed E-state index contributed by atoms with van der Waals surface area (Å²) in [7, 11) is -4.12. The van der Waals surface area contributed by atoms with E-state index in [1.165, 1.54) is 17.0 Å². The summed E-state index contributed by atoms with van der Waals surface area (Å²) in [5, 5.41) is 3.84. The van der Waals surface area contributed by atoms with Crippen molar-refractivity contribution >= 4 is 50.7 Å². The Morgan fingerprint density at radius 1 is 0.868 bits per heavy atom. The van der Waals surface area contributed by atoms with Crippen LogP contribution in [0.2, 0.25) is 10.0 Å². The molecule has 0 aromatic heterocycles. The van der Waals surface area contributed by atoms with Crippen molar-refractivity contribution < 1.29 is 18.0 Å². The Morgan fingerprint density at radius 3 is 1.95 bits per heavy atom. The number of rotatable bonds is 11. The topological polar surface area (TPSA) is 86.8 Å². The van der Waals surface area contributed by atoms with Gasteiger partial charge in [0.15, 0.2) is 0 Å². The maximum atomic E-state index is 13.9. The molecule has 202 valence electrons. The van der Waals surface area contributed by atoms with Crippen LogP contribution in [0.4, 0.5) is 5.69 Å². The Bertz CT molecular complexity index is 1330. The maximum absolute atomic E-state index is 13.9. The quantitative estimate of drug-likeness (QED) is 0.326.